The number of hydrogen-bond acceptors (Lipinski definition) is 4. The van der Waals surface area contributed by atoms with Gasteiger partial charge in [-0.05, 0) is 53.4 Å². The average Bonchev–Trinajstić information content (AvgIpc) is 2.74. The maximum absolute atomic E-state index is 11.0. The summed E-state index contributed by atoms with van der Waals surface area (Å²) in [5.74, 6) is -0.291. The highest BCUT2D eigenvalue weighted by Gasteiger charge is 2.25. The zero-order valence-electron chi connectivity index (χ0n) is 16.6. The van der Waals surface area contributed by atoms with Crippen molar-refractivity contribution in [2.45, 2.75) is 6.92 Å². The molecule has 30 heavy (non-hydrogen) atoms. The summed E-state index contributed by atoms with van der Waals surface area (Å²) in [4.78, 5) is 18.2. The van der Waals surface area contributed by atoms with Gasteiger partial charge in [0, 0.05) is 35.3 Å². The number of anilines is 2. The predicted octanol–water partition coefficient (Wildman–Crippen LogP) is 6.37. The number of carbonyl (C=O) groups is 1. The molecule has 0 fully saturated rings. The molecule has 0 saturated heterocycles. The van der Waals surface area contributed by atoms with Crippen molar-refractivity contribution in [1.82, 2.24) is 4.98 Å². The zero-order chi connectivity index (χ0) is 20.8. The van der Waals surface area contributed by atoms with E-state index >= 15 is 0 Å². The first-order valence-corrected chi connectivity index (χ1v) is 10.1. The number of nitrogens with zero attached hydrogens (tertiary/aromatic N) is 2. The number of ether oxygens (including phenoxy) is 1. The van der Waals surface area contributed by atoms with E-state index in [0.29, 0.717) is 5.02 Å². The van der Waals surface area contributed by atoms with Crippen molar-refractivity contribution in [3.63, 3.8) is 0 Å². The van der Waals surface area contributed by atoms with Crippen LogP contribution < -0.4 is 4.90 Å². The number of benzene rings is 3. The van der Waals surface area contributed by atoms with Crippen LogP contribution in [-0.2, 0) is 9.53 Å². The van der Waals surface area contributed by atoms with Gasteiger partial charge in [-0.1, -0.05) is 35.9 Å². The smallest absolute Gasteiger partial charge is 0.302 e. The van der Waals surface area contributed by atoms with Gasteiger partial charge in [-0.3, -0.25) is 4.79 Å². The fourth-order valence-corrected chi connectivity index (χ4v) is 4.28. The largest absolute Gasteiger partial charge is 0.462 e. The van der Waals surface area contributed by atoms with Crippen molar-refractivity contribution in [2.75, 3.05) is 18.6 Å². The molecular weight excluding hydrogens is 396 g/mol. The summed E-state index contributed by atoms with van der Waals surface area (Å²) in [5.41, 5.74) is 6.24. The van der Waals surface area contributed by atoms with E-state index in [1.807, 2.05) is 42.5 Å². The van der Waals surface area contributed by atoms with E-state index in [4.69, 9.17) is 21.3 Å². The standard InChI is InChI=1S/C25H19ClN2O2/c1-15(29)30-11-5-6-16-12-20-19-14-17(26)9-10-21(19)27-25-18-7-3-4-8-22(18)28(2)23(13-16)24(20)25/h3-10,12-14H,11H2,1-2H3/b6-5+. The molecule has 0 atom stereocenters. The number of esters is 1. The molecule has 0 saturated carbocycles. The van der Waals surface area contributed by atoms with Crippen LogP contribution in [0, 0.1) is 0 Å². The molecule has 0 bridgehead atoms. The Bertz CT molecular complexity index is 1360. The molecule has 1 aliphatic heterocycles. The minimum Gasteiger partial charge on any atom is -0.462 e. The van der Waals surface area contributed by atoms with E-state index in [9.17, 15) is 4.79 Å². The summed E-state index contributed by atoms with van der Waals surface area (Å²) in [7, 11) is 2.07. The maximum Gasteiger partial charge on any atom is 0.302 e. The molecule has 148 valence electrons. The topological polar surface area (TPSA) is 42.4 Å². The molecule has 0 spiro atoms. The van der Waals surface area contributed by atoms with Crippen LogP contribution >= 0.6 is 11.6 Å². The minimum atomic E-state index is -0.291. The van der Waals surface area contributed by atoms with E-state index < -0.39 is 0 Å². The Morgan fingerprint density at radius 1 is 1.10 bits per heavy atom. The molecule has 4 aromatic rings. The normalized spacial score (nSPS) is 12.6. The first-order chi connectivity index (χ1) is 14.5. The van der Waals surface area contributed by atoms with Gasteiger partial charge in [-0.2, -0.15) is 0 Å². The van der Waals surface area contributed by atoms with Crippen molar-refractivity contribution in [3.8, 4) is 11.3 Å². The van der Waals surface area contributed by atoms with Gasteiger partial charge in [0.05, 0.1) is 22.6 Å². The van der Waals surface area contributed by atoms with E-state index in [2.05, 4.69) is 36.2 Å². The second kappa shape index (κ2) is 7.15. The summed E-state index contributed by atoms with van der Waals surface area (Å²) in [6, 6.07) is 18.4. The van der Waals surface area contributed by atoms with Gasteiger partial charge in [0.15, 0.2) is 0 Å². The summed E-state index contributed by atoms with van der Waals surface area (Å²) in [6.45, 7) is 1.65. The van der Waals surface area contributed by atoms with Gasteiger partial charge in [-0.25, -0.2) is 4.98 Å². The highest BCUT2D eigenvalue weighted by molar-refractivity contribution is 6.32. The quantitative estimate of drug-likeness (QED) is 0.288. The molecule has 1 aliphatic rings. The van der Waals surface area contributed by atoms with Gasteiger partial charge in [-0.15, -0.1) is 0 Å². The van der Waals surface area contributed by atoms with Crippen molar-refractivity contribution in [1.29, 1.82) is 0 Å². The third kappa shape index (κ3) is 3.01. The highest BCUT2D eigenvalue weighted by Crippen LogP contribution is 2.48. The number of aromatic nitrogens is 1. The summed E-state index contributed by atoms with van der Waals surface area (Å²) in [6.07, 6.45) is 3.83. The van der Waals surface area contributed by atoms with Crippen LogP contribution in [0.4, 0.5) is 11.4 Å². The molecule has 0 amide bonds. The maximum atomic E-state index is 11.0. The van der Waals surface area contributed by atoms with Crippen LogP contribution in [0.1, 0.15) is 12.5 Å². The fraction of sp³-hybridized carbons (Fsp3) is 0.120. The lowest BCUT2D eigenvalue weighted by atomic mass is 9.92. The SMILES string of the molecule is CC(=O)OC/C=C/c1cc2c3c(nc4ccc(Cl)cc4c3c1)-c1ccccc1N2C. The first kappa shape index (κ1) is 18.6. The molecule has 4 nitrogen and oxygen atoms in total. The van der Waals surface area contributed by atoms with Crippen molar-refractivity contribution in [2.24, 2.45) is 0 Å². The molecule has 3 aromatic carbocycles. The Morgan fingerprint density at radius 2 is 1.93 bits per heavy atom. The third-order valence-corrected chi connectivity index (χ3v) is 5.67. The van der Waals surface area contributed by atoms with Crippen molar-refractivity contribution >= 4 is 56.7 Å². The number of halogens is 1. The van der Waals surface area contributed by atoms with Gasteiger partial charge >= 0.3 is 5.97 Å². The molecule has 0 unspecified atom stereocenters. The Balaban J connectivity index is 1.81. The molecule has 1 aromatic heterocycles. The van der Waals surface area contributed by atoms with Gasteiger partial charge in [0.25, 0.3) is 0 Å². The van der Waals surface area contributed by atoms with Gasteiger partial charge in [0.2, 0.25) is 0 Å². The van der Waals surface area contributed by atoms with Crippen LogP contribution in [0.5, 0.6) is 0 Å². The van der Waals surface area contributed by atoms with Crippen LogP contribution in [0.3, 0.4) is 0 Å². The lowest BCUT2D eigenvalue weighted by Crippen LogP contribution is -2.15. The number of para-hydroxylation sites is 1. The summed E-state index contributed by atoms with van der Waals surface area (Å²) >= 11 is 6.33. The highest BCUT2D eigenvalue weighted by atomic mass is 35.5. The second-order valence-electron chi connectivity index (χ2n) is 7.37. The van der Waals surface area contributed by atoms with E-state index in [0.717, 1.165) is 49.9 Å². The fourth-order valence-electron chi connectivity index (χ4n) is 4.11. The van der Waals surface area contributed by atoms with Gasteiger partial charge < -0.3 is 9.64 Å². The van der Waals surface area contributed by atoms with Crippen LogP contribution in [0.2, 0.25) is 5.02 Å². The Hall–Kier alpha value is -3.37. The van der Waals surface area contributed by atoms with Crippen LogP contribution in [0.25, 0.3) is 39.0 Å². The number of rotatable bonds is 3. The minimum absolute atomic E-state index is 0.246. The third-order valence-electron chi connectivity index (χ3n) is 5.43. The van der Waals surface area contributed by atoms with E-state index in [-0.39, 0.29) is 12.6 Å². The Morgan fingerprint density at radius 3 is 2.77 bits per heavy atom. The Kier molecular flexibility index (Phi) is 4.44. The summed E-state index contributed by atoms with van der Waals surface area (Å²) in [5, 5.41) is 3.92. The van der Waals surface area contributed by atoms with Crippen molar-refractivity contribution < 1.29 is 9.53 Å². The molecule has 0 N–H and O–H groups in total. The Labute approximate surface area is 179 Å². The molecule has 0 radical (unpaired) electrons. The van der Waals surface area contributed by atoms with Crippen molar-refractivity contribution in [3.05, 3.63) is 71.3 Å². The number of pyridine rings is 1. The molecule has 2 heterocycles. The lowest BCUT2D eigenvalue weighted by molar-refractivity contribution is -0.139. The van der Waals surface area contributed by atoms with Crippen LogP contribution in [-0.4, -0.2) is 24.6 Å². The number of fused-ring (bicyclic) bond motifs is 4. The molecule has 5 rings (SSSR count). The molecular formula is C25H19ClN2O2. The van der Waals surface area contributed by atoms with E-state index in [1.54, 1.807) is 0 Å². The predicted molar refractivity (Wildman–Crippen MR) is 123 cm³/mol. The number of carbonyl (C=O) groups excluding carboxylic acids is 1. The van der Waals surface area contributed by atoms with Crippen LogP contribution in [0.15, 0.2) is 60.7 Å². The monoisotopic (exact) mass is 414 g/mol. The average molecular weight is 415 g/mol. The molecule has 0 aliphatic carbocycles. The zero-order valence-corrected chi connectivity index (χ0v) is 17.4. The second-order valence-corrected chi connectivity index (χ2v) is 7.80. The number of hydrogen-bond donors (Lipinski definition) is 0. The molecule has 5 heteroatoms. The van der Waals surface area contributed by atoms with Gasteiger partial charge in [0.1, 0.15) is 6.61 Å². The first-order valence-electron chi connectivity index (χ1n) is 9.73. The summed E-state index contributed by atoms with van der Waals surface area (Å²) < 4.78 is 5.03. The van der Waals surface area contributed by atoms with E-state index in [1.165, 1.54) is 6.92 Å². The lowest BCUT2D eigenvalue weighted by Gasteiger charge is -2.30.